The lowest BCUT2D eigenvalue weighted by Gasteiger charge is -2.29. The second-order valence-corrected chi connectivity index (χ2v) is 7.11. The molecule has 0 N–H and O–H groups in total. The molecular formula is C19H16F2N4O3S. The summed E-state index contributed by atoms with van der Waals surface area (Å²) in [6.07, 6.45) is 0. The number of halogens is 2. The molecule has 0 aliphatic carbocycles. The number of hydrogen-bond acceptors (Lipinski definition) is 6. The van der Waals surface area contributed by atoms with Gasteiger partial charge >= 0.3 is 0 Å². The third kappa shape index (κ3) is 4.02. The third-order valence-electron chi connectivity index (χ3n) is 4.25. The maximum Gasteiger partial charge on any atom is 0.252 e. The lowest BCUT2D eigenvalue weighted by molar-refractivity contribution is -0.118. The van der Waals surface area contributed by atoms with Gasteiger partial charge in [0.15, 0.2) is 17.4 Å². The number of benzene rings is 2. The average Bonchev–Trinajstić information content (AvgIpc) is 3.13. The maximum absolute atomic E-state index is 13.8. The Labute approximate surface area is 169 Å². The molecule has 3 aromatic rings. The highest BCUT2D eigenvalue weighted by atomic mass is 32.2. The van der Waals surface area contributed by atoms with Gasteiger partial charge in [0.25, 0.3) is 5.91 Å². The largest absolute Gasteiger partial charge is 0.497 e. The molecule has 1 aliphatic rings. The number of aromatic nitrogens is 3. The first-order valence-electron chi connectivity index (χ1n) is 8.63. The summed E-state index contributed by atoms with van der Waals surface area (Å²) >= 11 is 1.26. The predicted molar refractivity (Wildman–Crippen MR) is 101 cm³/mol. The van der Waals surface area contributed by atoms with Crippen molar-refractivity contribution in [1.82, 2.24) is 14.9 Å². The van der Waals surface area contributed by atoms with E-state index in [2.05, 4.69) is 10.2 Å². The summed E-state index contributed by atoms with van der Waals surface area (Å²) in [5.74, 6) is -0.511. The molecule has 0 radical (unpaired) electrons. The zero-order valence-corrected chi connectivity index (χ0v) is 16.2. The van der Waals surface area contributed by atoms with Gasteiger partial charge in [-0.25, -0.2) is 18.5 Å². The van der Waals surface area contributed by atoms with Crippen LogP contribution in [0.15, 0.2) is 47.6 Å². The first kappa shape index (κ1) is 19.2. The summed E-state index contributed by atoms with van der Waals surface area (Å²) in [5.41, 5.74) is 0.862. The Morgan fingerprint density at radius 1 is 1.17 bits per heavy atom. The number of carbonyl (C=O) groups excluding carboxylic acids is 1. The molecule has 7 nitrogen and oxygen atoms in total. The molecular weight excluding hydrogens is 402 g/mol. The van der Waals surface area contributed by atoms with Crippen molar-refractivity contribution >= 4 is 17.7 Å². The summed E-state index contributed by atoms with van der Waals surface area (Å²) in [5, 5.41) is 10.2. The molecule has 0 spiro atoms. The van der Waals surface area contributed by atoms with Crippen LogP contribution in [-0.2, 0) is 17.9 Å². The van der Waals surface area contributed by atoms with Gasteiger partial charge in [0, 0.05) is 6.07 Å². The monoisotopic (exact) mass is 418 g/mol. The fraction of sp³-hybridized carbons (Fsp3) is 0.211. The Morgan fingerprint density at radius 2 is 2.03 bits per heavy atom. The molecule has 2 aromatic carbocycles. The number of thioether (sulfide) groups is 1. The quantitative estimate of drug-likeness (QED) is 0.613. The number of rotatable bonds is 6. The van der Waals surface area contributed by atoms with E-state index in [-0.39, 0.29) is 30.6 Å². The van der Waals surface area contributed by atoms with E-state index >= 15 is 0 Å². The van der Waals surface area contributed by atoms with Crippen LogP contribution in [-0.4, -0.2) is 33.6 Å². The zero-order chi connectivity index (χ0) is 20.4. The highest BCUT2D eigenvalue weighted by molar-refractivity contribution is 7.99. The Hall–Kier alpha value is -3.14. The van der Waals surface area contributed by atoms with Crippen LogP contribution in [0.2, 0.25) is 0 Å². The van der Waals surface area contributed by atoms with Crippen LogP contribution in [0, 0.1) is 11.6 Å². The number of fused-ring (bicyclic) bond motifs is 1. The van der Waals surface area contributed by atoms with E-state index in [1.165, 1.54) is 22.8 Å². The maximum atomic E-state index is 13.8. The molecule has 1 amide bonds. The van der Waals surface area contributed by atoms with E-state index in [4.69, 9.17) is 9.47 Å². The Kier molecular flexibility index (Phi) is 5.34. The number of methoxy groups -OCH3 is 1. The second kappa shape index (κ2) is 8.08. The molecule has 2 heterocycles. The summed E-state index contributed by atoms with van der Waals surface area (Å²) in [6.45, 7) is 0.136. The third-order valence-corrected chi connectivity index (χ3v) is 5.15. The van der Waals surface area contributed by atoms with Crippen LogP contribution in [0.3, 0.4) is 0 Å². The first-order chi connectivity index (χ1) is 14.0. The molecule has 1 aromatic heterocycles. The zero-order valence-electron chi connectivity index (χ0n) is 15.3. The number of nitrogens with zero attached hydrogens (tertiary/aromatic N) is 4. The van der Waals surface area contributed by atoms with Crippen LogP contribution in [0.4, 0.5) is 8.78 Å². The molecule has 1 aliphatic heterocycles. The van der Waals surface area contributed by atoms with Crippen molar-refractivity contribution in [3.8, 4) is 11.5 Å². The molecule has 0 bridgehead atoms. The number of carbonyl (C=O) groups is 1. The van der Waals surface area contributed by atoms with Crippen molar-refractivity contribution in [2.45, 2.75) is 18.3 Å². The molecule has 10 heteroatoms. The lowest BCUT2D eigenvalue weighted by atomic mass is 10.2. The minimum Gasteiger partial charge on any atom is -0.497 e. The standard InChI is InChI=1S/C19H16F2N4O3S/c1-27-14-4-2-3-12(7-14)9-24-18(26)11-29-19-23-22-17(25(19)24)10-28-16-6-5-13(20)8-15(16)21/h2-8H,9-11H2,1H3. The van der Waals surface area contributed by atoms with Gasteiger partial charge in [-0.2, -0.15) is 0 Å². The van der Waals surface area contributed by atoms with Crippen LogP contribution < -0.4 is 14.5 Å². The van der Waals surface area contributed by atoms with Crippen molar-refractivity contribution in [3.63, 3.8) is 0 Å². The van der Waals surface area contributed by atoms with E-state index in [1.54, 1.807) is 11.8 Å². The van der Waals surface area contributed by atoms with Crippen molar-refractivity contribution in [2.75, 3.05) is 17.9 Å². The topological polar surface area (TPSA) is 69.5 Å². The molecule has 0 atom stereocenters. The second-order valence-electron chi connectivity index (χ2n) is 6.17. The van der Waals surface area contributed by atoms with E-state index < -0.39 is 11.6 Å². The number of ether oxygens (including phenoxy) is 2. The van der Waals surface area contributed by atoms with Gasteiger partial charge in [0.05, 0.1) is 19.4 Å². The van der Waals surface area contributed by atoms with Crippen molar-refractivity contribution in [2.24, 2.45) is 0 Å². The molecule has 0 fully saturated rings. The minimum atomic E-state index is -0.818. The number of amides is 1. The predicted octanol–water partition coefficient (Wildman–Crippen LogP) is 2.91. The highest BCUT2D eigenvalue weighted by Gasteiger charge is 2.29. The highest BCUT2D eigenvalue weighted by Crippen LogP contribution is 2.26. The lowest BCUT2D eigenvalue weighted by Crippen LogP contribution is -2.45. The summed E-state index contributed by atoms with van der Waals surface area (Å²) in [6, 6.07) is 10.4. The van der Waals surface area contributed by atoms with E-state index in [0.29, 0.717) is 16.7 Å². The molecule has 0 unspecified atom stereocenters. The smallest absolute Gasteiger partial charge is 0.252 e. The van der Waals surface area contributed by atoms with E-state index in [1.807, 2.05) is 24.3 Å². The van der Waals surface area contributed by atoms with Gasteiger partial charge in [-0.3, -0.25) is 4.79 Å². The Morgan fingerprint density at radius 3 is 2.83 bits per heavy atom. The fourth-order valence-electron chi connectivity index (χ4n) is 2.87. The van der Waals surface area contributed by atoms with Gasteiger partial charge in [0.1, 0.15) is 18.2 Å². The van der Waals surface area contributed by atoms with Gasteiger partial charge in [-0.15, -0.1) is 10.2 Å². The number of hydrogen-bond donors (Lipinski definition) is 0. The Bertz CT molecular complexity index is 1060. The minimum absolute atomic E-state index is 0.113. The van der Waals surface area contributed by atoms with Crippen molar-refractivity contribution < 1.29 is 23.0 Å². The fourth-order valence-corrected chi connectivity index (χ4v) is 3.69. The molecule has 29 heavy (non-hydrogen) atoms. The molecule has 150 valence electrons. The Balaban J connectivity index is 1.59. The first-order valence-corrected chi connectivity index (χ1v) is 9.62. The van der Waals surface area contributed by atoms with Crippen molar-refractivity contribution in [1.29, 1.82) is 0 Å². The van der Waals surface area contributed by atoms with Gasteiger partial charge in [0.2, 0.25) is 5.16 Å². The summed E-state index contributed by atoms with van der Waals surface area (Å²) < 4.78 is 39.1. The molecule has 4 rings (SSSR count). The van der Waals surface area contributed by atoms with Crippen LogP contribution >= 0.6 is 11.8 Å². The average molecular weight is 418 g/mol. The molecule has 0 saturated heterocycles. The van der Waals surface area contributed by atoms with Gasteiger partial charge in [-0.1, -0.05) is 23.9 Å². The van der Waals surface area contributed by atoms with E-state index in [9.17, 15) is 13.6 Å². The summed E-state index contributed by atoms with van der Waals surface area (Å²) in [7, 11) is 1.57. The van der Waals surface area contributed by atoms with Crippen LogP contribution in [0.1, 0.15) is 11.4 Å². The normalized spacial score (nSPS) is 13.3. The molecule has 0 saturated carbocycles. The van der Waals surface area contributed by atoms with E-state index in [0.717, 1.165) is 17.7 Å². The SMILES string of the molecule is COc1cccc(CN2C(=O)CSc3nnc(COc4ccc(F)cc4F)n32)c1. The van der Waals surface area contributed by atoms with Crippen LogP contribution in [0.25, 0.3) is 0 Å². The van der Waals surface area contributed by atoms with Gasteiger partial charge < -0.3 is 9.47 Å². The van der Waals surface area contributed by atoms with Gasteiger partial charge in [-0.05, 0) is 29.8 Å². The van der Waals surface area contributed by atoms with Crippen molar-refractivity contribution in [3.05, 3.63) is 65.5 Å². The van der Waals surface area contributed by atoms with Crippen LogP contribution in [0.5, 0.6) is 11.5 Å². The summed E-state index contributed by atoms with van der Waals surface area (Å²) in [4.78, 5) is 12.6.